The summed E-state index contributed by atoms with van der Waals surface area (Å²) in [6.45, 7) is 0. The van der Waals surface area contributed by atoms with Crippen LogP contribution in [0.15, 0.2) is 33.4 Å². The van der Waals surface area contributed by atoms with E-state index in [1.54, 1.807) is 22.7 Å². The molecule has 6 heteroatoms. The molecule has 5 rings (SSSR count). The van der Waals surface area contributed by atoms with E-state index in [-0.39, 0.29) is 6.42 Å². The highest BCUT2D eigenvalue weighted by atomic mass is 32.1. The van der Waals surface area contributed by atoms with E-state index in [1.165, 1.54) is 16.9 Å². The number of rotatable bonds is 4. The topological polar surface area (TPSA) is 63.3 Å². The average molecular weight is 355 g/mol. The standard InChI is InChI=1S/C18H13NO3S2/c20-15(21)7-13-16(11-3-4-23-8-11)19-18(22-13)14-6-10-2-1-9-5-12(9)17(10)24-14/h1-4,6,8-9,12H,5,7H2,(H,20,21). The second-order valence-corrected chi connectivity index (χ2v) is 8.03. The molecule has 0 amide bonds. The Morgan fingerprint density at radius 2 is 2.38 bits per heavy atom. The number of allylic oxidation sites excluding steroid dienone is 1. The summed E-state index contributed by atoms with van der Waals surface area (Å²) in [5.74, 6) is 1.40. The molecule has 1 N–H and O–H groups in total. The van der Waals surface area contributed by atoms with Crippen molar-refractivity contribution in [2.75, 3.05) is 0 Å². The highest BCUT2D eigenvalue weighted by Gasteiger charge is 2.41. The monoisotopic (exact) mass is 355 g/mol. The highest BCUT2D eigenvalue weighted by Crippen LogP contribution is 2.56. The van der Waals surface area contributed by atoms with Crippen molar-refractivity contribution in [3.05, 3.63) is 45.2 Å². The summed E-state index contributed by atoms with van der Waals surface area (Å²) < 4.78 is 5.86. The molecule has 120 valence electrons. The second-order valence-electron chi connectivity index (χ2n) is 6.17. The molecule has 3 heterocycles. The molecule has 2 unspecified atom stereocenters. The van der Waals surface area contributed by atoms with E-state index in [9.17, 15) is 4.79 Å². The largest absolute Gasteiger partial charge is 0.481 e. The molecule has 2 atom stereocenters. The number of carboxylic acids is 1. The molecule has 4 nitrogen and oxygen atoms in total. The quantitative estimate of drug-likeness (QED) is 0.724. The number of carbonyl (C=O) groups is 1. The Bertz CT molecular complexity index is 965. The fourth-order valence-electron chi connectivity index (χ4n) is 3.24. The van der Waals surface area contributed by atoms with E-state index < -0.39 is 5.97 Å². The lowest BCUT2D eigenvalue weighted by Gasteiger charge is -2.00. The van der Waals surface area contributed by atoms with Gasteiger partial charge in [-0.3, -0.25) is 4.79 Å². The summed E-state index contributed by atoms with van der Waals surface area (Å²) in [4.78, 5) is 18.2. The van der Waals surface area contributed by atoms with Gasteiger partial charge < -0.3 is 9.52 Å². The summed E-state index contributed by atoms with van der Waals surface area (Å²) in [5, 5.41) is 13.1. The minimum Gasteiger partial charge on any atom is -0.481 e. The maximum Gasteiger partial charge on any atom is 0.311 e. The van der Waals surface area contributed by atoms with Crippen LogP contribution in [0.1, 0.15) is 28.5 Å². The zero-order chi connectivity index (χ0) is 16.3. The van der Waals surface area contributed by atoms with Crippen molar-refractivity contribution < 1.29 is 14.3 Å². The molecule has 1 fully saturated rings. The summed E-state index contributed by atoms with van der Waals surface area (Å²) in [7, 11) is 0. The van der Waals surface area contributed by atoms with Crippen molar-refractivity contribution in [3.8, 4) is 22.0 Å². The number of aliphatic carboxylic acids is 1. The fraction of sp³-hybridized carbons (Fsp3) is 0.222. The molecule has 24 heavy (non-hydrogen) atoms. The molecule has 1 saturated carbocycles. The van der Waals surface area contributed by atoms with Gasteiger partial charge in [-0.15, -0.1) is 11.3 Å². The van der Waals surface area contributed by atoms with Crippen LogP contribution in [-0.2, 0) is 11.2 Å². The van der Waals surface area contributed by atoms with Crippen molar-refractivity contribution in [1.82, 2.24) is 4.98 Å². The predicted octanol–water partition coefficient (Wildman–Crippen LogP) is 4.89. The van der Waals surface area contributed by atoms with Gasteiger partial charge >= 0.3 is 5.97 Å². The lowest BCUT2D eigenvalue weighted by atomic mass is 10.1. The van der Waals surface area contributed by atoms with Crippen LogP contribution in [0.25, 0.3) is 28.1 Å². The molecule has 2 aliphatic rings. The van der Waals surface area contributed by atoms with E-state index in [4.69, 9.17) is 9.52 Å². The number of oxazole rings is 1. The van der Waals surface area contributed by atoms with Crippen LogP contribution in [-0.4, -0.2) is 16.1 Å². The molecule has 0 radical (unpaired) electrons. The molecule has 2 aliphatic carbocycles. The number of fused-ring (bicyclic) bond motifs is 3. The third-order valence-electron chi connectivity index (χ3n) is 4.51. The summed E-state index contributed by atoms with van der Waals surface area (Å²) in [6, 6.07) is 4.05. The van der Waals surface area contributed by atoms with Gasteiger partial charge in [-0.1, -0.05) is 12.2 Å². The van der Waals surface area contributed by atoms with Gasteiger partial charge in [-0.25, -0.2) is 4.98 Å². The van der Waals surface area contributed by atoms with Crippen LogP contribution in [0, 0.1) is 5.92 Å². The zero-order valence-electron chi connectivity index (χ0n) is 12.6. The first-order valence-electron chi connectivity index (χ1n) is 7.75. The third kappa shape index (κ3) is 2.25. The molecule has 0 aliphatic heterocycles. The fourth-order valence-corrected chi connectivity index (χ4v) is 5.14. The van der Waals surface area contributed by atoms with E-state index in [0.29, 0.717) is 29.2 Å². The van der Waals surface area contributed by atoms with Crippen LogP contribution in [0.5, 0.6) is 0 Å². The third-order valence-corrected chi connectivity index (χ3v) is 6.46. The first-order valence-corrected chi connectivity index (χ1v) is 9.51. The molecule has 0 spiro atoms. The predicted molar refractivity (Wildman–Crippen MR) is 94.4 cm³/mol. The Balaban J connectivity index is 1.59. The van der Waals surface area contributed by atoms with Crippen LogP contribution in [0.2, 0.25) is 0 Å². The van der Waals surface area contributed by atoms with E-state index in [1.807, 2.05) is 16.8 Å². The molecule has 0 bridgehead atoms. The number of nitrogens with zero attached hydrogens (tertiary/aromatic N) is 1. The van der Waals surface area contributed by atoms with Crippen molar-refractivity contribution in [2.45, 2.75) is 18.8 Å². The minimum absolute atomic E-state index is 0.159. The van der Waals surface area contributed by atoms with Gasteiger partial charge in [0, 0.05) is 21.7 Å². The van der Waals surface area contributed by atoms with Crippen LogP contribution in [0.3, 0.4) is 0 Å². The SMILES string of the molecule is O=C(O)Cc1oc(-c2cc3c(s2)C2CC2C=C3)nc1-c1ccsc1. The molecule has 0 saturated heterocycles. The number of thiophene rings is 2. The average Bonchev–Trinajstić information content (AvgIpc) is 2.98. The normalized spacial score (nSPS) is 20.7. The van der Waals surface area contributed by atoms with Gasteiger partial charge in [-0.05, 0) is 35.4 Å². The van der Waals surface area contributed by atoms with E-state index in [0.717, 1.165) is 10.4 Å². The lowest BCUT2D eigenvalue weighted by Crippen LogP contribution is -1.99. The van der Waals surface area contributed by atoms with Crippen LogP contribution >= 0.6 is 22.7 Å². The van der Waals surface area contributed by atoms with Gasteiger partial charge in [0.25, 0.3) is 0 Å². The molecular formula is C18H13NO3S2. The first kappa shape index (κ1) is 14.2. The Morgan fingerprint density at radius 1 is 1.46 bits per heavy atom. The maximum absolute atomic E-state index is 11.2. The summed E-state index contributed by atoms with van der Waals surface area (Å²) in [5.41, 5.74) is 2.80. The smallest absolute Gasteiger partial charge is 0.311 e. The number of hydrogen-bond acceptors (Lipinski definition) is 5. The Kier molecular flexibility index (Phi) is 3.05. The van der Waals surface area contributed by atoms with E-state index in [2.05, 4.69) is 23.2 Å². The Labute approximate surface area is 146 Å². The summed E-state index contributed by atoms with van der Waals surface area (Å²) in [6.07, 6.45) is 5.55. The Hall–Kier alpha value is -2.18. The summed E-state index contributed by atoms with van der Waals surface area (Å²) >= 11 is 3.28. The lowest BCUT2D eigenvalue weighted by molar-refractivity contribution is -0.136. The van der Waals surface area contributed by atoms with Crippen LogP contribution in [0.4, 0.5) is 0 Å². The minimum atomic E-state index is -0.914. The van der Waals surface area contributed by atoms with Gasteiger partial charge in [0.2, 0.25) is 5.89 Å². The molecule has 3 aromatic heterocycles. The zero-order valence-corrected chi connectivity index (χ0v) is 14.2. The van der Waals surface area contributed by atoms with Crippen molar-refractivity contribution in [2.24, 2.45) is 5.92 Å². The number of hydrogen-bond donors (Lipinski definition) is 1. The molecular weight excluding hydrogens is 342 g/mol. The molecule has 0 aromatic carbocycles. The highest BCUT2D eigenvalue weighted by molar-refractivity contribution is 7.15. The van der Waals surface area contributed by atoms with Crippen molar-refractivity contribution in [1.29, 1.82) is 0 Å². The van der Waals surface area contributed by atoms with E-state index >= 15 is 0 Å². The number of carboxylic acid groups (broad SMARTS) is 1. The van der Waals surface area contributed by atoms with Gasteiger partial charge in [-0.2, -0.15) is 11.3 Å². The molecule has 3 aromatic rings. The maximum atomic E-state index is 11.2. The van der Waals surface area contributed by atoms with Gasteiger partial charge in [0.1, 0.15) is 17.9 Å². The second kappa shape index (κ2) is 5.16. The van der Waals surface area contributed by atoms with Crippen molar-refractivity contribution >= 4 is 34.7 Å². The van der Waals surface area contributed by atoms with Crippen LogP contribution < -0.4 is 0 Å². The number of aromatic nitrogens is 1. The van der Waals surface area contributed by atoms with Crippen molar-refractivity contribution in [3.63, 3.8) is 0 Å². The van der Waals surface area contributed by atoms with Gasteiger partial charge in [0.15, 0.2) is 0 Å². The Morgan fingerprint density at radius 3 is 3.17 bits per heavy atom. The first-order chi connectivity index (χ1) is 11.7. The van der Waals surface area contributed by atoms with Gasteiger partial charge in [0.05, 0.1) is 4.88 Å².